The number of rotatable bonds is 3. The normalized spacial score (nSPS) is 21.2. The van der Waals surface area contributed by atoms with Crippen LogP contribution >= 0.6 is 0 Å². The quantitative estimate of drug-likeness (QED) is 0.236. The van der Waals surface area contributed by atoms with Crippen LogP contribution in [0.15, 0.2) is 83.9 Å². The molecule has 0 saturated heterocycles. The summed E-state index contributed by atoms with van der Waals surface area (Å²) < 4.78 is 6.93. The van der Waals surface area contributed by atoms with Gasteiger partial charge in [0.15, 0.2) is 0 Å². The van der Waals surface area contributed by atoms with Crippen molar-refractivity contribution in [1.29, 1.82) is 0 Å². The van der Waals surface area contributed by atoms with E-state index in [-0.39, 0.29) is 6.65 Å². The standard InChI is InChI=1S/2C14H11.CH5Si.2CH3.Zr/c2*1-10-8-12-7-6-11-4-2-3-5-13(11)14(12)9-10;1-2;;;/h2*2-9H,1H3;2H2,1H3;2*1H3;. The molecular weight excluding hydrogens is 492 g/mol. The van der Waals surface area contributed by atoms with Gasteiger partial charge in [-0.3, -0.25) is 0 Å². The molecule has 4 aromatic carbocycles. The van der Waals surface area contributed by atoms with E-state index in [9.17, 15) is 0 Å². The van der Waals surface area contributed by atoms with Crippen molar-refractivity contribution in [3.63, 3.8) is 0 Å². The molecule has 0 bridgehead atoms. The first kappa shape index (κ1) is 21.5. The maximum absolute atomic E-state index is 3.42. The summed E-state index contributed by atoms with van der Waals surface area (Å²) in [5.41, 5.74) is 9.48. The SMILES string of the molecule is C[SiH2][Zr]([CH3])([CH3])([CH]1C(C)=Cc2ccc3ccccc3c21)[CH]1C(C)=Cc2ccc3ccccc3c21. The van der Waals surface area contributed by atoms with Gasteiger partial charge in [0, 0.05) is 0 Å². The molecule has 0 heterocycles. The van der Waals surface area contributed by atoms with Crippen molar-refractivity contribution in [3.8, 4) is 0 Å². The number of benzene rings is 4. The molecule has 0 N–H and O–H groups in total. The third-order valence-corrected chi connectivity index (χ3v) is 45.8. The Balaban J connectivity index is 1.66. The second-order valence-electron chi connectivity index (χ2n) is 11.5. The van der Waals surface area contributed by atoms with Crippen LogP contribution in [0.3, 0.4) is 0 Å². The van der Waals surface area contributed by atoms with Crippen LogP contribution in [0.4, 0.5) is 0 Å². The molecule has 4 aromatic rings. The van der Waals surface area contributed by atoms with Gasteiger partial charge in [-0.1, -0.05) is 0 Å². The zero-order valence-corrected chi connectivity index (χ0v) is 24.3. The fourth-order valence-corrected chi connectivity index (χ4v) is 35.5. The molecule has 165 valence electrons. The fourth-order valence-electron chi connectivity index (χ4n) is 7.65. The fraction of sp³-hybridized carbons (Fsp3) is 0.226. The number of hydrogen-bond acceptors (Lipinski definition) is 0. The van der Waals surface area contributed by atoms with E-state index in [1.54, 1.807) is 22.3 Å². The Morgan fingerprint density at radius 3 is 1.45 bits per heavy atom. The third kappa shape index (κ3) is 2.90. The number of fused-ring (bicyclic) bond motifs is 6. The molecule has 0 fully saturated rings. The van der Waals surface area contributed by atoms with E-state index in [4.69, 9.17) is 0 Å². The first-order chi connectivity index (χ1) is 15.8. The molecule has 33 heavy (non-hydrogen) atoms. The van der Waals surface area contributed by atoms with Crippen LogP contribution in [0.5, 0.6) is 0 Å². The summed E-state index contributed by atoms with van der Waals surface area (Å²) in [6, 6.07) is 27.6. The molecule has 0 aliphatic heterocycles. The Morgan fingerprint density at radius 1 is 0.606 bits per heavy atom. The first-order valence-corrected chi connectivity index (χ1v) is 27.5. The molecule has 2 atom stereocenters. The van der Waals surface area contributed by atoms with Gasteiger partial charge in [-0.05, 0) is 0 Å². The van der Waals surface area contributed by atoms with E-state index in [1.165, 1.54) is 32.7 Å². The van der Waals surface area contributed by atoms with E-state index in [1.807, 2.05) is 0 Å². The van der Waals surface area contributed by atoms with Crippen LogP contribution in [-0.4, -0.2) is 6.65 Å². The zero-order valence-electron chi connectivity index (χ0n) is 20.4. The van der Waals surface area contributed by atoms with Crippen LogP contribution in [0.25, 0.3) is 33.7 Å². The summed E-state index contributed by atoms with van der Waals surface area (Å²) in [5.74, 6) is 0. The van der Waals surface area contributed by atoms with Gasteiger partial charge in [-0.2, -0.15) is 0 Å². The molecule has 0 nitrogen and oxygen atoms in total. The van der Waals surface area contributed by atoms with Crippen molar-refractivity contribution in [2.75, 3.05) is 0 Å². The van der Waals surface area contributed by atoms with Crippen molar-refractivity contribution in [1.82, 2.24) is 0 Å². The van der Waals surface area contributed by atoms with Crippen molar-refractivity contribution in [2.45, 2.75) is 36.9 Å². The van der Waals surface area contributed by atoms with E-state index >= 15 is 0 Å². The van der Waals surface area contributed by atoms with Crippen molar-refractivity contribution >= 4 is 40.3 Å². The molecule has 2 unspecified atom stereocenters. The van der Waals surface area contributed by atoms with Crippen LogP contribution < -0.4 is 0 Å². The van der Waals surface area contributed by atoms with Gasteiger partial charge < -0.3 is 0 Å². The zero-order chi connectivity index (χ0) is 23.0. The van der Waals surface area contributed by atoms with Crippen LogP contribution in [0.1, 0.15) is 43.4 Å². The molecule has 0 aromatic heterocycles. The third-order valence-electron chi connectivity index (χ3n) is 9.27. The summed E-state index contributed by atoms with van der Waals surface area (Å²) >= 11 is -3.42. The van der Waals surface area contributed by atoms with Gasteiger partial charge in [-0.25, -0.2) is 0 Å². The van der Waals surface area contributed by atoms with Crippen molar-refractivity contribution in [3.05, 3.63) is 106 Å². The van der Waals surface area contributed by atoms with Crippen LogP contribution in [0.2, 0.25) is 15.8 Å². The van der Waals surface area contributed by atoms with Gasteiger partial charge in [0.05, 0.1) is 0 Å². The second-order valence-corrected chi connectivity index (χ2v) is 47.9. The molecule has 0 radical (unpaired) electrons. The summed E-state index contributed by atoms with van der Waals surface area (Å²) in [6.07, 6.45) is 5.05. The number of hydrogen-bond donors (Lipinski definition) is 0. The van der Waals surface area contributed by atoms with Crippen LogP contribution in [-0.2, 0) is 17.9 Å². The maximum atomic E-state index is 2.84. The molecule has 2 aliphatic rings. The second kappa shape index (κ2) is 7.24. The topological polar surface area (TPSA) is 0 Å². The van der Waals surface area contributed by atoms with Gasteiger partial charge in [0.2, 0.25) is 0 Å². The molecule has 2 aliphatic carbocycles. The van der Waals surface area contributed by atoms with Gasteiger partial charge in [0.25, 0.3) is 0 Å². The van der Waals surface area contributed by atoms with E-state index in [0.29, 0.717) is 7.25 Å². The summed E-state index contributed by atoms with van der Waals surface area (Å²) in [5, 5.41) is 5.75. The predicted octanol–water partition coefficient (Wildman–Crippen LogP) is 8.53. The average molecular weight is 525 g/mol. The molecule has 0 amide bonds. The van der Waals surface area contributed by atoms with Gasteiger partial charge in [0.1, 0.15) is 0 Å². The molecule has 0 saturated carbocycles. The minimum atomic E-state index is -3.42. The molecule has 2 heteroatoms. The minimum absolute atomic E-state index is 0.271. The van der Waals surface area contributed by atoms with E-state index in [2.05, 4.69) is 115 Å². The Morgan fingerprint density at radius 2 is 1.03 bits per heavy atom. The summed E-state index contributed by atoms with van der Waals surface area (Å²) in [7, 11) is 0. The Kier molecular flexibility index (Phi) is 4.72. The van der Waals surface area contributed by atoms with E-state index in [0.717, 1.165) is 0 Å². The molecule has 6 rings (SSSR count). The monoisotopic (exact) mass is 523 g/mol. The molecule has 0 spiro atoms. The number of allylic oxidation sites excluding steroid dienone is 2. The summed E-state index contributed by atoms with van der Waals surface area (Å²) in [4.78, 5) is 0. The Bertz CT molecular complexity index is 1410. The van der Waals surface area contributed by atoms with Gasteiger partial charge >= 0.3 is 201 Å². The Labute approximate surface area is 200 Å². The molecular formula is C31H33SiZr. The first-order valence-electron chi connectivity index (χ1n) is 12.4. The predicted molar refractivity (Wildman–Crippen MR) is 147 cm³/mol. The van der Waals surface area contributed by atoms with Gasteiger partial charge in [-0.15, -0.1) is 0 Å². The Hall–Kier alpha value is -2.02. The average Bonchev–Trinajstić information content (AvgIpc) is 3.36. The van der Waals surface area contributed by atoms with Crippen molar-refractivity contribution in [2.24, 2.45) is 0 Å². The van der Waals surface area contributed by atoms with Crippen LogP contribution in [0, 0.1) is 0 Å². The summed E-state index contributed by atoms with van der Waals surface area (Å²) in [6.45, 7) is 7.23. The van der Waals surface area contributed by atoms with E-state index < -0.39 is 17.9 Å². The van der Waals surface area contributed by atoms with Crippen molar-refractivity contribution < 1.29 is 17.9 Å².